The minimum atomic E-state index is -0.903. The van der Waals surface area contributed by atoms with Crippen LogP contribution in [0.25, 0.3) is 0 Å². The van der Waals surface area contributed by atoms with Crippen molar-refractivity contribution in [3.8, 4) is 5.75 Å². The summed E-state index contributed by atoms with van der Waals surface area (Å²) >= 11 is 12.2. The highest BCUT2D eigenvalue weighted by Gasteiger charge is 2.62. The summed E-state index contributed by atoms with van der Waals surface area (Å²) in [5.74, 6) is 0.0723. The van der Waals surface area contributed by atoms with Crippen LogP contribution >= 0.6 is 23.2 Å². The molecule has 43 heavy (non-hydrogen) atoms. The molecule has 0 radical (unpaired) electrons. The Balaban J connectivity index is 0.000000296. The van der Waals surface area contributed by atoms with E-state index in [9.17, 15) is 14.7 Å². The van der Waals surface area contributed by atoms with Crippen molar-refractivity contribution in [1.82, 2.24) is 15.5 Å². The highest BCUT2D eigenvalue weighted by atomic mass is 35.5. The molecule has 1 unspecified atom stereocenters. The van der Waals surface area contributed by atoms with Crippen molar-refractivity contribution in [2.75, 3.05) is 33.8 Å². The van der Waals surface area contributed by atoms with E-state index in [1.807, 2.05) is 37.4 Å². The van der Waals surface area contributed by atoms with Crippen molar-refractivity contribution in [2.45, 2.75) is 50.1 Å². The summed E-state index contributed by atoms with van der Waals surface area (Å²) in [5.41, 5.74) is 1.83. The lowest BCUT2D eigenvalue weighted by Crippen LogP contribution is -2.53. The third kappa shape index (κ3) is 7.52. The normalized spacial score (nSPS) is 21.6. The van der Waals surface area contributed by atoms with E-state index in [0.29, 0.717) is 34.6 Å². The molecule has 1 saturated carbocycles. The number of ether oxygens (including phenoxy) is 1. The first-order valence-corrected chi connectivity index (χ1v) is 15.4. The van der Waals surface area contributed by atoms with E-state index in [1.54, 1.807) is 32.2 Å². The molecular weight excluding hydrogens is 585 g/mol. The van der Waals surface area contributed by atoms with Crippen LogP contribution in [-0.2, 0) is 20.5 Å². The Labute approximate surface area is 264 Å². The summed E-state index contributed by atoms with van der Waals surface area (Å²) < 4.78 is 5.06. The first kappa shape index (κ1) is 32.8. The first-order valence-electron chi connectivity index (χ1n) is 14.6. The Morgan fingerprint density at radius 2 is 1.65 bits per heavy atom. The number of carbonyl (C=O) groups excluding carboxylic acids is 1. The predicted octanol–water partition coefficient (Wildman–Crippen LogP) is 6.44. The average molecular weight is 627 g/mol. The van der Waals surface area contributed by atoms with E-state index >= 15 is 0 Å². The van der Waals surface area contributed by atoms with Gasteiger partial charge in [0, 0.05) is 32.6 Å². The summed E-state index contributed by atoms with van der Waals surface area (Å²) in [4.78, 5) is 26.4. The van der Waals surface area contributed by atoms with Crippen LogP contribution in [0.3, 0.4) is 0 Å². The largest absolute Gasteiger partial charge is 0.497 e. The molecule has 2 fully saturated rings. The van der Waals surface area contributed by atoms with Crippen LogP contribution in [0, 0.1) is 5.92 Å². The fourth-order valence-corrected chi connectivity index (χ4v) is 6.43. The number of methoxy groups -OCH3 is 1. The summed E-state index contributed by atoms with van der Waals surface area (Å²) in [5, 5.41) is 17.2. The number of amides is 1. The maximum atomic E-state index is 12.2. The van der Waals surface area contributed by atoms with Crippen LogP contribution in [0.15, 0.2) is 72.8 Å². The van der Waals surface area contributed by atoms with Gasteiger partial charge in [-0.15, -0.1) is 0 Å². The van der Waals surface area contributed by atoms with Gasteiger partial charge in [-0.25, -0.2) is 0 Å². The number of piperidine rings is 1. The quantitative estimate of drug-likeness (QED) is 0.253. The van der Waals surface area contributed by atoms with Crippen molar-refractivity contribution >= 4 is 35.1 Å². The molecule has 3 N–H and O–H groups in total. The lowest BCUT2D eigenvalue weighted by Gasteiger charge is -2.43. The Kier molecular flexibility index (Phi) is 10.8. The molecule has 1 aliphatic carbocycles. The highest BCUT2D eigenvalue weighted by Crippen LogP contribution is 2.56. The summed E-state index contributed by atoms with van der Waals surface area (Å²) in [6.45, 7) is 5.98. The lowest BCUT2D eigenvalue weighted by atomic mass is 9.80. The van der Waals surface area contributed by atoms with Crippen LogP contribution in [-0.4, -0.2) is 55.7 Å². The van der Waals surface area contributed by atoms with Gasteiger partial charge in [0.15, 0.2) is 0 Å². The highest BCUT2D eigenvalue weighted by molar-refractivity contribution is 6.42. The van der Waals surface area contributed by atoms with E-state index in [2.05, 4.69) is 46.7 Å². The van der Waals surface area contributed by atoms with E-state index in [-0.39, 0.29) is 17.4 Å². The van der Waals surface area contributed by atoms with Crippen LogP contribution in [0.2, 0.25) is 10.0 Å². The van der Waals surface area contributed by atoms with E-state index in [0.717, 1.165) is 37.2 Å². The number of likely N-dealkylation sites (tertiary alicyclic amines) is 1. The molecule has 1 aliphatic heterocycles. The molecule has 3 aromatic rings. The molecule has 7 nitrogen and oxygen atoms in total. The SMILES string of the molecule is CC(=O)NC1(c2ccccc2)CCN(C[C@@H]2C[C@@]2(C(=O)O)c2ccc(Cl)c(Cl)c2)CC1.CNC(C)c1ccc(OC)cc1. The van der Waals surface area contributed by atoms with Crippen LogP contribution in [0.5, 0.6) is 5.75 Å². The third-order valence-electron chi connectivity index (χ3n) is 8.90. The molecule has 9 heteroatoms. The number of nitrogens with one attached hydrogen (secondary N) is 2. The molecular formula is C34H41Cl2N3O4. The minimum absolute atomic E-state index is 0.0206. The molecule has 0 spiro atoms. The number of carboxylic acids is 1. The Hall–Kier alpha value is -3.10. The van der Waals surface area contributed by atoms with Gasteiger partial charge in [-0.2, -0.15) is 0 Å². The van der Waals surface area contributed by atoms with Crippen LogP contribution in [0.4, 0.5) is 0 Å². The topological polar surface area (TPSA) is 90.9 Å². The Bertz CT molecular complexity index is 1390. The zero-order valence-electron chi connectivity index (χ0n) is 25.2. The smallest absolute Gasteiger partial charge is 0.314 e. The molecule has 5 rings (SSSR count). The molecule has 3 atom stereocenters. The second kappa shape index (κ2) is 14.1. The van der Waals surface area contributed by atoms with Crippen molar-refractivity contribution in [2.24, 2.45) is 5.92 Å². The summed E-state index contributed by atoms with van der Waals surface area (Å²) in [6.07, 6.45) is 2.17. The maximum Gasteiger partial charge on any atom is 0.314 e. The zero-order valence-corrected chi connectivity index (χ0v) is 26.7. The number of aliphatic carboxylic acids is 1. The van der Waals surface area contributed by atoms with Gasteiger partial charge in [-0.1, -0.05) is 71.7 Å². The number of carbonyl (C=O) groups is 2. The van der Waals surface area contributed by atoms with Crippen molar-refractivity contribution in [1.29, 1.82) is 0 Å². The number of hydrogen-bond acceptors (Lipinski definition) is 5. The summed E-state index contributed by atoms with van der Waals surface area (Å²) in [7, 11) is 3.63. The molecule has 2 aliphatic rings. The lowest BCUT2D eigenvalue weighted by molar-refractivity contribution is -0.140. The minimum Gasteiger partial charge on any atom is -0.497 e. The monoisotopic (exact) mass is 625 g/mol. The van der Waals surface area contributed by atoms with Crippen LogP contribution < -0.4 is 15.4 Å². The molecule has 1 saturated heterocycles. The van der Waals surface area contributed by atoms with Gasteiger partial charge in [0.05, 0.1) is 28.1 Å². The molecule has 0 aromatic heterocycles. The number of rotatable bonds is 9. The van der Waals surface area contributed by atoms with E-state index in [1.165, 1.54) is 5.56 Å². The fraction of sp³-hybridized carbons (Fsp3) is 0.412. The molecule has 3 aromatic carbocycles. The number of nitrogens with zero attached hydrogens (tertiary/aromatic N) is 1. The third-order valence-corrected chi connectivity index (χ3v) is 9.64. The standard InChI is InChI=1S/C24H26Cl2N2O3.C10H15NO/c1-16(29)27-23(17-5-3-2-4-6-17)9-11-28(12-10-23)15-19-14-24(19,22(30)31)18-7-8-20(25)21(26)13-18;1-8(11-2)9-4-6-10(12-3)7-5-9/h2-8,13,19H,9-12,14-15H2,1H3,(H,27,29)(H,30,31);4-8,11H,1-3H3/t19-,24+;/m0./s1. The molecule has 0 bridgehead atoms. The van der Waals surface area contributed by atoms with Gasteiger partial charge in [-0.05, 0) is 80.1 Å². The van der Waals surface area contributed by atoms with Gasteiger partial charge >= 0.3 is 5.97 Å². The second-order valence-electron chi connectivity index (χ2n) is 11.5. The number of carboxylic acid groups (broad SMARTS) is 1. The van der Waals surface area contributed by atoms with Crippen LogP contribution in [0.1, 0.15) is 55.8 Å². The zero-order chi connectivity index (χ0) is 31.2. The number of hydrogen-bond donors (Lipinski definition) is 3. The van der Waals surface area contributed by atoms with Crippen molar-refractivity contribution in [3.05, 3.63) is 99.5 Å². The van der Waals surface area contributed by atoms with Crippen molar-refractivity contribution < 1.29 is 19.4 Å². The number of halogens is 2. The molecule has 1 heterocycles. The van der Waals surface area contributed by atoms with Crippen molar-refractivity contribution in [3.63, 3.8) is 0 Å². The summed E-state index contributed by atoms with van der Waals surface area (Å²) in [6, 6.07) is 23.7. The first-order chi connectivity index (χ1) is 20.5. The van der Waals surface area contributed by atoms with E-state index in [4.69, 9.17) is 27.9 Å². The number of benzene rings is 3. The average Bonchev–Trinajstić information content (AvgIpc) is 3.74. The fourth-order valence-electron chi connectivity index (χ4n) is 6.13. The van der Waals surface area contributed by atoms with E-state index < -0.39 is 11.4 Å². The van der Waals surface area contributed by atoms with Gasteiger partial charge in [0.1, 0.15) is 5.75 Å². The predicted molar refractivity (Wildman–Crippen MR) is 172 cm³/mol. The Morgan fingerprint density at radius 1 is 1.00 bits per heavy atom. The van der Waals surface area contributed by atoms with Gasteiger partial charge in [0.2, 0.25) is 5.91 Å². The molecule has 1 amide bonds. The van der Waals surface area contributed by atoms with Gasteiger partial charge in [-0.3, -0.25) is 9.59 Å². The van der Waals surface area contributed by atoms with Gasteiger partial charge < -0.3 is 25.4 Å². The Morgan fingerprint density at radius 3 is 2.19 bits per heavy atom. The maximum absolute atomic E-state index is 12.2. The molecule has 230 valence electrons. The van der Waals surface area contributed by atoms with Gasteiger partial charge in [0.25, 0.3) is 0 Å². The second-order valence-corrected chi connectivity index (χ2v) is 12.3.